The van der Waals surface area contributed by atoms with Gasteiger partial charge >= 0.3 is 0 Å². The van der Waals surface area contributed by atoms with Gasteiger partial charge < -0.3 is 15.1 Å². The average molecular weight is 273 g/mol. The Hall–Kier alpha value is -1.88. The molecule has 0 bridgehead atoms. The minimum atomic E-state index is -0.416. The molecule has 1 atom stereocenters. The number of fused-ring (bicyclic) bond motifs is 1. The highest BCUT2D eigenvalue weighted by molar-refractivity contribution is 6.00. The van der Waals surface area contributed by atoms with E-state index < -0.39 is 6.04 Å². The normalized spacial score (nSPS) is 23.1. The minimum absolute atomic E-state index is 0.0425. The van der Waals surface area contributed by atoms with Crippen molar-refractivity contribution in [1.29, 1.82) is 0 Å². The van der Waals surface area contributed by atoms with Crippen LogP contribution in [-0.4, -0.2) is 60.9 Å². The van der Waals surface area contributed by atoms with Crippen LogP contribution < -0.4 is 5.32 Å². The SMILES string of the molecule is CN1CCN(C(=O)C2Cc3ccccc3C(=O)N2)CC1. The quantitative estimate of drug-likeness (QED) is 0.790. The van der Waals surface area contributed by atoms with E-state index in [1.807, 2.05) is 23.1 Å². The largest absolute Gasteiger partial charge is 0.340 e. The first kappa shape index (κ1) is 13.1. The van der Waals surface area contributed by atoms with Gasteiger partial charge in [0.05, 0.1) is 0 Å². The fourth-order valence-electron chi connectivity index (χ4n) is 2.82. The first-order valence-corrected chi connectivity index (χ1v) is 7.01. The van der Waals surface area contributed by atoms with Gasteiger partial charge in [-0.2, -0.15) is 0 Å². The van der Waals surface area contributed by atoms with Crippen molar-refractivity contribution in [2.24, 2.45) is 0 Å². The van der Waals surface area contributed by atoms with Gasteiger partial charge in [-0.25, -0.2) is 0 Å². The summed E-state index contributed by atoms with van der Waals surface area (Å²) in [5.74, 6) is -0.0970. The zero-order valence-corrected chi connectivity index (χ0v) is 11.6. The van der Waals surface area contributed by atoms with Gasteiger partial charge in [0.2, 0.25) is 5.91 Å². The second kappa shape index (κ2) is 5.25. The van der Waals surface area contributed by atoms with Gasteiger partial charge in [-0.1, -0.05) is 18.2 Å². The Kier molecular flexibility index (Phi) is 3.44. The van der Waals surface area contributed by atoms with Crippen LogP contribution in [0.2, 0.25) is 0 Å². The highest BCUT2D eigenvalue weighted by atomic mass is 16.2. The molecule has 3 rings (SSSR count). The monoisotopic (exact) mass is 273 g/mol. The first-order valence-electron chi connectivity index (χ1n) is 7.01. The van der Waals surface area contributed by atoms with Crippen molar-refractivity contribution in [3.8, 4) is 0 Å². The lowest BCUT2D eigenvalue weighted by atomic mass is 9.94. The predicted molar refractivity (Wildman–Crippen MR) is 75.5 cm³/mol. The van der Waals surface area contributed by atoms with Crippen LogP contribution in [0.4, 0.5) is 0 Å². The molecule has 2 heterocycles. The fraction of sp³-hybridized carbons (Fsp3) is 0.467. The Morgan fingerprint density at radius 2 is 1.90 bits per heavy atom. The molecule has 106 valence electrons. The molecule has 0 aromatic heterocycles. The number of carbonyl (C=O) groups is 2. The molecule has 2 aliphatic rings. The van der Waals surface area contributed by atoms with Gasteiger partial charge in [-0.15, -0.1) is 0 Å². The molecule has 2 amide bonds. The number of nitrogens with one attached hydrogen (secondary N) is 1. The van der Waals surface area contributed by atoms with Gasteiger partial charge in [-0.05, 0) is 18.7 Å². The Labute approximate surface area is 118 Å². The Bertz CT molecular complexity index is 536. The average Bonchev–Trinajstić information content (AvgIpc) is 2.47. The van der Waals surface area contributed by atoms with Crippen molar-refractivity contribution in [2.45, 2.75) is 12.5 Å². The van der Waals surface area contributed by atoms with Gasteiger partial charge in [0.25, 0.3) is 5.91 Å². The van der Waals surface area contributed by atoms with Crippen LogP contribution in [0.5, 0.6) is 0 Å². The van der Waals surface area contributed by atoms with Crippen LogP contribution in [0.3, 0.4) is 0 Å². The van der Waals surface area contributed by atoms with Crippen molar-refractivity contribution < 1.29 is 9.59 Å². The molecule has 20 heavy (non-hydrogen) atoms. The van der Waals surface area contributed by atoms with Crippen LogP contribution in [0.15, 0.2) is 24.3 Å². The van der Waals surface area contributed by atoms with E-state index in [1.165, 1.54) is 0 Å². The molecule has 2 aliphatic heterocycles. The maximum Gasteiger partial charge on any atom is 0.252 e. The number of carbonyl (C=O) groups excluding carboxylic acids is 2. The number of nitrogens with zero attached hydrogens (tertiary/aromatic N) is 2. The molecule has 0 radical (unpaired) electrons. The summed E-state index contributed by atoms with van der Waals surface area (Å²) in [6.07, 6.45) is 0.590. The fourth-order valence-corrected chi connectivity index (χ4v) is 2.82. The lowest BCUT2D eigenvalue weighted by Gasteiger charge is -2.36. The van der Waals surface area contributed by atoms with E-state index in [1.54, 1.807) is 6.07 Å². The van der Waals surface area contributed by atoms with Crippen molar-refractivity contribution in [2.75, 3.05) is 33.2 Å². The summed E-state index contributed by atoms with van der Waals surface area (Å²) >= 11 is 0. The number of likely N-dealkylation sites (N-methyl/N-ethyl adjacent to an activating group) is 1. The van der Waals surface area contributed by atoms with E-state index in [4.69, 9.17) is 0 Å². The number of amides is 2. The summed E-state index contributed by atoms with van der Waals surface area (Å²) in [6.45, 7) is 3.26. The molecular formula is C15H19N3O2. The van der Waals surface area contributed by atoms with Crippen LogP contribution >= 0.6 is 0 Å². The summed E-state index contributed by atoms with van der Waals surface area (Å²) in [7, 11) is 2.06. The number of piperazine rings is 1. The lowest BCUT2D eigenvalue weighted by molar-refractivity contribution is -0.134. The third kappa shape index (κ3) is 2.41. The van der Waals surface area contributed by atoms with Crippen molar-refractivity contribution in [3.63, 3.8) is 0 Å². The van der Waals surface area contributed by atoms with Crippen molar-refractivity contribution in [1.82, 2.24) is 15.1 Å². The maximum atomic E-state index is 12.5. The second-order valence-electron chi connectivity index (χ2n) is 5.52. The minimum Gasteiger partial charge on any atom is -0.340 e. The highest BCUT2D eigenvalue weighted by Crippen LogP contribution is 2.18. The Balaban J connectivity index is 1.73. The van der Waals surface area contributed by atoms with Gasteiger partial charge in [-0.3, -0.25) is 9.59 Å². The molecule has 0 spiro atoms. The molecule has 5 heteroatoms. The van der Waals surface area contributed by atoms with Crippen molar-refractivity contribution >= 4 is 11.8 Å². The van der Waals surface area contributed by atoms with Crippen LogP contribution in [-0.2, 0) is 11.2 Å². The third-order valence-corrected chi connectivity index (χ3v) is 4.10. The Morgan fingerprint density at radius 3 is 2.65 bits per heavy atom. The van der Waals surface area contributed by atoms with E-state index in [-0.39, 0.29) is 11.8 Å². The summed E-state index contributed by atoms with van der Waals surface area (Å²) < 4.78 is 0. The topological polar surface area (TPSA) is 52.7 Å². The van der Waals surface area contributed by atoms with E-state index in [0.29, 0.717) is 12.0 Å². The van der Waals surface area contributed by atoms with E-state index in [2.05, 4.69) is 17.3 Å². The van der Waals surface area contributed by atoms with Crippen molar-refractivity contribution in [3.05, 3.63) is 35.4 Å². The molecule has 1 saturated heterocycles. The van der Waals surface area contributed by atoms with E-state index in [0.717, 1.165) is 31.7 Å². The van der Waals surface area contributed by atoms with Crippen LogP contribution in [0.25, 0.3) is 0 Å². The molecule has 1 N–H and O–H groups in total. The predicted octanol–water partition coefficient (Wildman–Crippen LogP) is 0.115. The van der Waals surface area contributed by atoms with Gasteiger partial charge in [0.1, 0.15) is 6.04 Å². The zero-order valence-electron chi connectivity index (χ0n) is 11.6. The molecule has 1 aromatic rings. The summed E-state index contributed by atoms with van der Waals surface area (Å²) in [5.41, 5.74) is 1.65. The maximum absolute atomic E-state index is 12.5. The zero-order chi connectivity index (χ0) is 14.1. The van der Waals surface area contributed by atoms with Crippen LogP contribution in [0.1, 0.15) is 15.9 Å². The van der Waals surface area contributed by atoms with Crippen LogP contribution in [0, 0.1) is 0 Å². The van der Waals surface area contributed by atoms with Gasteiger partial charge in [0.15, 0.2) is 0 Å². The number of benzene rings is 1. The second-order valence-corrected chi connectivity index (χ2v) is 5.52. The molecule has 1 unspecified atom stereocenters. The molecule has 5 nitrogen and oxygen atoms in total. The summed E-state index contributed by atoms with van der Waals surface area (Å²) in [6, 6.07) is 7.08. The molecule has 0 saturated carbocycles. The molecule has 1 fully saturated rings. The number of hydrogen-bond acceptors (Lipinski definition) is 3. The van der Waals surface area contributed by atoms with Gasteiger partial charge in [0, 0.05) is 38.2 Å². The van der Waals surface area contributed by atoms with E-state index >= 15 is 0 Å². The molecule has 0 aliphatic carbocycles. The standard InChI is InChI=1S/C15H19N3O2/c1-17-6-8-18(9-7-17)15(20)13-10-11-4-2-3-5-12(11)14(19)16-13/h2-5,13H,6-10H2,1H3,(H,16,19). The Morgan fingerprint density at radius 1 is 1.20 bits per heavy atom. The molecule has 1 aromatic carbocycles. The smallest absolute Gasteiger partial charge is 0.252 e. The third-order valence-electron chi connectivity index (χ3n) is 4.10. The highest BCUT2D eigenvalue weighted by Gasteiger charge is 2.32. The first-order chi connectivity index (χ1) is 9.65. The lowest BCUT2D eigenvalue weighted by Crippen LogP contribution is -2.56. The number of hydrogen-bond donors (Lipinski definition) is 1. The van der Waals surface area contributed by atoms with E-state index in [9.17, 15) is 9.59 Å². The number of rotatable bonds is 1. The summed E-state index contributed by atoms with van der Waals surface area (Å²) in [4.78, 5) is 28.6. The summed E-state index contributed by atoms with van der Waals surface area (Å²) in [5, 5.41) is 2.84. The molecular weight excluding hydrogens is 254 g/mol.